The lowest BCUT2D eigenvalue weighted by Crippen LogP contribution is -2.47. The zero-order valence-corrected chi connectivity index (χ0v) is 9.70. The van der Waals surface area contributed by atoms with Crippen molar-refractivity contribution in [1.29, 1.82) is 0 Å². The molecule has 0 saturated heterocycles. The van der Waals surface area contributed by atoms with Gasteiger partial charge in [0.05, 0.1) is 5.54 Å². The smallest absolute Gasteiger partial charge is 0.0569 e. The standard InChI is InChI=1S/C14H19N/c1-5-12(4)14(15,11(2)3)13-9-7-6-8-10-13/h1,6-12H,15H2,2-4H3. The second-order valence-electron chi connectivity index (χ2n) is 4.34. The summed E-state index contributed by atoms with van der Waals surface area (Å²) < 4.78 is 0. The number of rotatable bonds is 3. The molecule has 0 spiro atoms. The molecule has 1 heteroatoms. The molecule has 15 heavy (non-hydrogen) atoms. The van der Waals surface area contributed by atoms with Gasteiger partial charge in [-0.2, -0.15) is 0 Å². The fraction of sp³-hybridized carbons (Fsp3) is 0.429. The summed E-state index contributed by atoms with van der Waals surface area (Å²) in [5, 5.41) is 0. The van der Waals surface area contributed by atoms with Crippen LogP contribution in [0.25, 0.3) is 0 Å². The molecule has 2 unspecified atom stereocenters. The Morgan fingerprint density at radius 2 is 1.73 bits per heavy atom. The van der Waals surface area contributed by atoms with E-state index in [0.29, 0.717) is 5.92 Å². The van der Waals surface area contributed by atoms with Crippen molar-refractivity contribution in [3.8, 4) is 12.3 Å². The average molecular weight is 201 g/mol. The zero-order chi connectivity index (χ0) is 11.5. The van der Waals surface area contributed by atoms with E-state index in [1.807, 2.05) is 37.3 Å². The van der Waals surface area contributed by atoms with Crippen molar-refractivity contribution < 1.29 is 0 Å². The van der Waals surface area contributed by atoms with Gasteiger partial charge in [0.15, 0.2) is 0 Å². The molecule has 0 radical (unpaired) electrons. The first kappa shape index (κ1) is 11.8. The van der Waals surface area contributed by atoms with Gasteiger partial charge < -0.3 is 5.73 Å². The van der Waals surface area contributed by atoms with Crippen molar-refractivity contribution in [3.05, 3.63) is 35.9 Å². The second kappa shape index (κ2) is 4.51. The van der Waals surface area contributed by atoms with Crippen molar-refractivity contribution in [2.75, 3.05) is 0 Å². The molecule has 1 rings (SSSR count). The van der Waals surface area contributed by atoms with Gasteiger partial charge >= 0.3 is 0 Å². The van der Waals surface area contributed by atoms with E-state index in [9.17, 15) is 0 Å². The Hall–Kier alpha value is -1.26. The molecular weight excluding hydrogens is 182 g/mol. The number of terminal acetylenes is 1. The number of nitrogens with two attached hydrogens (primary N) is 1. The van der Waals surface area contributed by atoms with E-state index in [1.54, 1.807) is 0 Å². The number of hydrogen-bond acceptors (Lipinski definition) is 1. The molecule has 2 atom stereocenters. The van der Waals surface area contributed by atoms with Gasteiger partial charge in [0.2, 0.25) is 0 Å². The van der Waals surface area contributed by atoms with Gasteiger partial charge in [-0.1, -0.05) is 44.2 Å². The van der Waals surface area contributed by atoms with Gasteiger partial charge in [-0.3, -0.25) is 0 Å². The van der Waals surface area contributed by atoms with Crippen molar-refractivity contribution >= 4 is 0 Å². The molecule has 80 valence electrons. The highest BCUT2D eigenvalue weighted by molar-refractivity contribution is 5.28. The monoisotopic (exact) mass is 201 g/mol. The molecule has 0 amide bonds. The maximum Gasteiger partial charge on any atom is 0.0569 e. The minimum Gasteiger partial charge on any atom is -0.320 e. The predicted molar refractivity (Wildman–Crippen MR) is 65.1 cm³/mol. The van der Waals surface area contributed by atoms with E-state index in [2.05, 4.69) is 19.8 Å². The number of benzene rings is 1. The molecule has 1 nitrogen and oxygen atoms in total. The summed E-state index contributed by atoms with van der Waals surface area (Å²) >= 11 is 0. The first-order chi connectivity index (χ1) is 7.03. The summed E-state index contributed by atoms with van der Waals surface area (Å²) in [5.74, 6) is 3.10. The van der Waals surface area contributed by atoms with E-state index >= 15 is 0 Å². The summed E-state index contributed by atoms with van der Waals surface area (Å²) in [6.45, 7) is 6.23. The quantitative estimate of drug-likeness (QED) is 0.748. The van der Waals surface area contributed by atoms with Crippen molar-refractivity contribution in [3.63, 3.8) is 0 Å². The van der Waals surface area contributed by atoms with Crippen LogP contribution in [-0.2, 0) is 5.54 Å². The lowest BCUT2D eigenvalue weighted by atomic mass is 9.72. The molecular formula is C14H19N. The van der Waals surface area contributed by atoms with E-state index in [-0.39, 0.29) is 5.92 Å². The average Bonchev–Trinajstić information content (AvgIpc) is 2.27. The Kier molecular flexibility index (Phi) is 3.55. The van der Waals surface area contributed by atoms with Crippen LogP contribution in [0.5, 0.6) is 0 Å². The summed E-state index contributed by atoms with van der Waals surface area (Å²) in [6.07, 6.45) is 5.50. The topological polar surface area (TPSA) is 26.0 Å². The van der Waals surface area contributed by atoms with Crippen molar-refractivity contribution in [1.82, 2.24) is 0 Å². The second-order valence-corrected chi connectivity index (χ2v) is 4.34. The highest BCUT2D eigenvalue weighted by atomic mass is 14.8. The highest BCUT2D eigenvalue weighted by Crippen LogP contribution is 2.33. The summed E-state index contributed by atoms with van der Waals surface area (Å²) in [7, 11) is 0. The molecule has 1 aromatic carbocycles. The summed E-state index contributed by atoms with van der Waals surface area (Å²) in [5.41, 5.74) is 7.16. The van der Waals surface area contributed by atoms with Crippen LogP contribution in [0.15, 0.2) is 30.3 Å². The van der Waals surface area contributed by atoms with E-state index < -0.39 is 5.54 Å². The van der Waals surface area contributed by atoms with Crippen LogP contribution >= 0.6 is 0 Å². The minimum atomic E-state index is -0.435. The van der Waals surface area contributed by atoms with Gasteiger partial charge in [-0.15, -0.1) is 12.3 Å². The normalized spacial score (nSPS) is 16.8. The fourth-order valence-electron chi connectivity index (χ4n) is 1.95. The first-order valence-corrected chi connectivity index (χ1v) is 5.34. The number of hydrogen-bond donors (Lipinski definition) is 1. The first-order valence-electron chi connectivity index (χ1n) is 5.34. The van der Waals surface area contributed by atoms with Crippen molar-refractivity contribution in [2.45, 2.75) is 26.3 Å². The molecule has 2 N–H and O–H groups in total. The minimum absolute atomic E-state index is 0.0277. The Morgan fingerprint density at radius 1 is 1.20 bits per heavy atom. The Labute approximate surface area is 92.7 Å². The maximum atomic E-state index is 6.47. The largest absolute Gasteiger partial charge is 0.320 e. The lowest BCUT2D eigenvalue weighted by Gasteiger charge is -2.37. The molecule has 0 aliphatic heterocycles. The predicted octanol–water partition coefficient (Wildman–Crippen LogP) is 2.77. The summed E-state index contributed by atoms with van der Waals surface area (Å²) in [4.78, 5) is 0. The Bertz CT molecular complexity index is 347. The fourth-order valence-corrected chi connectivity index (χ4v) is 1.95. The van der Waals surface area contributed by atoms with E-state index in [1.165, 1.54) is 0 Å². The molecule has 1 aromatic rings. The Morgan fingerprint density at radius 3 is 2.13 bits per heavy atom. The van der Waals surface area contributed by atoms with Crippen LogP contribution < -0.4 is 5.73 Å². The maximum absolute atomic E-state index is 6.47. The lowest BCUT2D eigenvalue weighted by molar-refractivity contribution is 0.256. The Balaban J connectivity index is 3.20. The third-order valence-electron chi connectivity index (χ3n) is 3.20. The molecule has 0 aliphatic carbocycles. The van der Waals surface area contributed by atoms with Crippen molar-refractivity contribution in [2.24, 2.45) is 17.6 Å². The third kappa shape index (κ3) is 2.06. The van der Waals surface area contributed by atoms with Gasteiger partial charge in [0, 0.05) is 5.92 Å². The third-order valence-corrected chi connectivity index (χ3v) is 3.20. The molecule has 0 heterocycles. The highest BCUT2D eigenvalue weighted by Gasteiger charge is 2.35. The molecule has 0 aliphatic rings. The molecule has 0 bridgehead atoms. The molecule has 0 aromatic heterocycles. The van der Waals surface area contributed by atoms with Gasteiger partial charge in [-0.25, -0.2) is 0 Å². The SMILES string of the molecule is C#CC(C)C(N)(c1ccccc1)C(C)C. The van der Waals surface area contributed by atoms with Crippen LogP contribution in [0.2, 0.25) is 0 Å². The summed E-state index contributed by atoms with van der Waals surface area (Å²) in [6, 6.07) is 10.1. The van der Waals surface area contributed by atoms with Crippen LogP contribution in [0, 0.1) is 24.2 Å². The van der Waals surface area contributed by atoms with E-state index in [4.69, 9.17) is 12.2 Å². The van der Waals surface area contributed by atoms with Crippen LogP contribution in [-0.4, -0.2) is 0 Å². The molecule has 0 saturated carbocycles. The van der Waals surface area contributed by atoms with Gasteiger partial charge in [0.25, 0.3) is 0 Å². The van der Waals surface area contributed by atoms with Gasteiger partial charge in [0.1, 0.15) is 0 Å². The molecule has 0 fully saturated rings. The van der Waals surface area contributed by atoms with E-state index in [0.717, 1.165) is 5.56 Å². The van der Waals surface area contributed by atoms with Crippen LogP contribution in [0.1, 0.15) is 26.3 Å². The van der Waals surface area contributed by atoms with Crippen LogP contribution in [0.3, 0.4) is 0 Å². The zero-order valence-electron chi connectivity index (χ0n) is 9.70. The van der Waals surface area contributed by atoms with Crippen LogP contribution in [0.4, 0.5) is 0 Å². The van der Waals surface area contributed by atoms with Gasteiger partial charge in [-0.05, 0) is 18.4 Å².